The van der Waals surface area contributed by atoms with E-state index in [0.717, 1.165) is 55.2 Å². The molecule has 5 aliphatic rings. The number of fused-ring (bicyclic) bond motifs is 4. The molecule has 3 saturated heterocycles. The van der Waals surface area contributed by atoms with Crippen molar-refractivity contribution in [3.05, 3.63) is 30.1 Å². The van der Waals surface area contributed by atoms with Gasteiger partial charge in [0.05, 0.1) is 25.2 Å². The third-order valence-corrected chi connectivity index (χ3v) is 26.6. The second kappa shape index (κ2) is 17.5. The molecular weight excluding hydrogens is 955 g/mol. The lowest BCUT2D eigenvalue weighted by atomic mass is 10.1. The van der Waals surface area contributed by atoms with E-state index in [-0.39, 0.29) is 40.6 Å². The van der Waals surface area contributed by atoms with E-state index in [9.17, 15) is 4.89 Å². The number of aromatic nitrogens is 7. The van der Waals surface area contributed by atoms with Gasteiger partial charge in [-0.2, -0.15) is 9.97 Å². The van der Waals surface area contributed by atoms with Crippen LogP contribution in [0.1, 0.15) is 90.9 Å². The number of aryl methyl sites for hydroxylation is 2. The molecule has 6 N–H and O–H groups in total. The fraction of sp³-hybridized carbons (Fsp3) is 0.738. The Kier molecular flexibility index (Phi) is 12.9. The van der Waals surface area contributed by atoms with Crippen molar-refractivity contribution in [2.75, 3.05) is 37.5 Å². The van der Waals surface area contributed by atoms with Crippen molar-refractivity contribution in [2.45, 2.75) is 171 Å². The van der Waals surface area contributed by atoms with Crippen LogP contribution in [0.4, 0.5) is 11.8 Å². The highest BCUT2D eigenvalue weighted by Gasteiger charge is 2.57. The monoisotopic (exact) mass is 1020 g/mol. The lowest BCUT2D eigenvalue weighted by molar-refractivity contribution is -0.0595. The Bertz CT molecular complexity index is 2620. The molecule has 2 bridgehead atoms. The maximum atomic E-state index is 15.1. The fourth-order valence-electron chi connectivity index (χ4n) is 8.69. The van der Waals surface area contributed by atoms with Gasteiger partial charge in [-0.15, -0.1) is 0 Å². The van der Waals surface area contributed by atoms with Crippen LogP contribution in [-0.4, -0.2) is 124 Å². The molecule has 2 aliphatic carbocycles. The highest BCUT2D eigenvalue weighted by atomic mass is 32.5. The first-order valence-electron chi connectivity index (χ1n) is 23.2. The van der Waals surface area contributed by atoms with Gasteiger partial charge in [-0.3, -0.25) is 18.2 Å². The second-order valence-corrected chi connectivity index (χ2v) is 36.4. The minimum Gasteiger partial charge on any atom is -0.408 e. The molecule has 4 fully saturated rings. The lowest BCUT2D eigenvalue weighted by Gasteiger charge is -2.41. The predicted molar refractivity (Wildman–Crippen MR) is 262 cm³/mol. The number of hydrogen-bond donors (Lipinski definition) is 4. The van der Waals surface area contributed by atoms with Gasteiger partial charge in [0.2, 0.25) is 5.95 Å². The van der Waals surface area contributed by atoms with Crippen molar-refractivity contribution >= 4 is 76.7 Å². The van der Waals surface area contributed by atoms with Crippen LogP contribution < -0.4 is 16.8 Å². The van der Waals surface area contributed by atoms with Gasteiger partial charge in [-0.1, -0.05) is 41.5 Å². The smallest absolute Gasteiger partial charge is 0.328 e. The van der Waals surface area contributed by atoms with Crippen molar-refractivity contribution in [1.29, 1.82) is 0 Å². The lowest BCUT2D eigenvalue weighted by Crippen LogP contribution is -2.50. The average molecular weight is 1020 g/mol. The van der Waals surface area contributed by atoms with Crippen LogP contribution in [0, 0.1) is 0 Å². The summed E-state index contributed by atoms with van der Waals surface area (Å²) in [5.41, 5.74) is 16.0. The summed E-state index contributed by atoms with van der Waals surface area (Å²) >= 11 is 5.89. The third kappa shape index (κ3) is 9.87. The summed E-state index contributed by atoms with van der Waals surface area (Å²) < 4.78 is 72.9. The molecule has 25 heteroatoms. The Balaban J connectivity index is 1.11. The van der Waals surface area contributed by atoms with Gasteiger partial charge in [0.1, 0.15) is 54.1 Å². The summed E-state index contributed by atoms with van der Waals surface area (Å²) in [7, 11) is -9.33. The Hall–Kier alpha value is -2.32. The van der Waals surface area contributed by atoms with E-state index < -0.39 is 80.0 Å². The summed E-state index contributed by atoms with van der Waals surface area (Å²) in [4.78, 5) is 35.5. The molecule has 0 aromatic carbocycles. The van der Waals surface area contributed by atoms with Crippen LogP contribution in [0.2, 0.25) is 36.3 Å². The molecule has 9 rings (SSSR count). The van der Waals surface area contributed by atoms with Gasteiger partial charge >= 0.3 is 14.3 Å². The molecule has 7 heterocycles. The molecule has 3 aliphatic heterocycles. The first-order valence-corrected chi connectivity index (χ1v) is 33.6. The summed E-state index contributed by atoms with van der Waals surface area (Å²) in [6.45, 7) is 18.4. The second-order valence-electron chi connectivity index (χ2n) is 22.0. The number of nitrogens with zero attached hydrogens (tertiary/aromatic N) is 7. The number of imidazole rings is 1. The van der Waals surface area contributed by atoms with Gasteiger partial charge in [0, 0.05) is 30.3 Å². The maximum absolute atomic E-state index is 15.1. The molecule has 2 unspecified atom stereocenters. The maximum Gasteiger partial charge on any atom is 0.328 e. The molecule has 0 radical (unpaired) electrons. The molecule has 10 atom stereocenters. The van der Waals surface area contributed by atoms with Crippen molar-refractivity contribution in [3.63, 3.8) is 0 Å². The summed E-state index contributed by atoms with van der Waals surface area (Å²) in [6, 6.07) is 0. The number of anilines is 2. The number of rotatable bonds is 9. The molecule has 4 aromatic heterocycles. The zero-order valence-electron chi connectivity index (χ0n) is 40.4. The zero-order chi connectivity index (χ0) is 48.3. The van der Waals surface area contributed by atoms with E-state index in [1.54, 1.807) is 10.9 Å². The molecule has 0 amide bonds. The van der Waals surface area contributed by atoms with E-state index in [1.165, 1.54) is 13.0 Å². The minimum atomic E-state index is -4.17. The van der Waals surface area contributed by atoms with Gasteiger partial charge in [0.15, 0.2) is 40.6 Å². The molecule has 67 heavy (non-hydrogen) atoms. The Morgan fingerprint density at radius 3 is 2.22 bits per heavy atom. The van der Waals surface area contributed by atoms with Crippen molar-refractivity contribution in [1.82, 2.24) is 34.1 Å². The molecular formula is C42H68N10O10P2SSi2. The summed E-state index contributed by atoms with van der Waals surface area (Å²) in [6.07, 6.45) is 2.98. The number of nitrogens with one attached hydrogen (secondary N) is 1. The van der Waals surface area contributed by atoms with Crippen molar-refractivity contribution in [2.24, 2.45) is 5.73 Å². The average Bonchev–Trinajstić information content (AvgIpc) is 3.42. The number of nitrogens with two attached hydrogens (primary N) is 2. The van der Waals surface area contributed by atoms with Gasteiger partial charge in [0.25, 0.3) is 0 Å². The third-order valence-electron chi connectivity index (χ3n) is 14.9. The minimum absolute atomic E-state index is 0.141. The number of nitrogen functional groups attached to an aromatic ring is 1. The van der Waals surface area contributed by atoms with E-state index in [4.69, 9.17) is 69.7 Å². The number of hydrogen-bond acceptors (Lipinski definition) is 18. The highest BCUT2D eigenvalue weighted by molar-refractivity contribution is 8.07. The Morgan fingerprint density at radius 2 is 1.54 bits per heavy atom. The molecule has 20 nitrogen and oxygen atoms in total. The van der Waals surface area contributed by atoms with E-state index in [0.29, 0.717) is 23.4 Å². The van der Waals surface area contributed by atoms with Crippen LogP contribution in [0.25, 0.3) is 22.2 Å². The zero-order valence-corrected chi connectivity index (χ0v) is 45.0. The molecule has 1 saturated carbocycles. The summed E-state index contributed by atoms with van der Waals surface area (Å²) in [5.74, 6) is 0.404. The predicted octanol–water partition coefficient (Wildman–Crippen LogP) is 7.07. The Morgan fingerprint density at radius 1 is 0.881 bits per heavy atom. The van der Waals surface area contributed by atoms with E-state index in [2.05, 4.69) is 94.2 Å². The van der Waals surface area contributed by atoms with E-state index in [1.807, 2.05) is 4.57 Å². The molecule has 0 spiro atoms. The fourth-order valence-corrected chi connectivity index (χ4v) is 13.9. The SMILES string of the molecule is CC(C)(C)[Si](C)(C)O[C@@H]1[C@@H]2OP(O)(=S)OC[C@H]3O[C@@H](n4cnc5c(N)nc(NCC6(N)CC6)nc54)[C@H](OP(C)(=O)OC[C@H]2O[C@H]1n1cc2c4c(ncnc41)CCCC2)[C@@H]3O[Si](C)(C)C(C)(C)C. The standard InChI is InChI=1S/C42H68N10O10P2SSi2/c1-40(2,3)66(8,9)61-31-27-20-56-64(54,65)60-30-26(57-38(33(30)62-67(10,11)41(4,5)6)51-18-24-14-12-13-15-25-28(24)35(51)47-22-46-25)19-55-63(7,53)59-32(31)37(58-27)52-23-48-29-34(43)49-39(50-36(29)52)45-21-42(44)16-17-42/h18,22-23,26-27,30-33,37-38H,12-17,19-21,44H2,1-11H3,(H,54,65)(H3,43,45,49,50)/t26-,27-,30-,31-,32-,33-,37-,38-,63?,64?/m1/s1. The normalized spacial score (nSPS) is 32.9. The van der Waals surface area contributed by atoms with Gasteiger partial charge in [-0.05, 0) is 92.2 Å². The topological polar surface area (TPSA) is 250 Å². The highest BCUT2D eigenvalue weighted by Crippen LogP contribution is 2.56. The van der Waals surface area contributed by atoms with Crippen LogP contribution in [0.5, 0.6) is 0 Å². The van der Waals surface area contributed by atoms with Gasteiger partial charge in [-0.25, -0.2) is 15.0 Å². The van der Waals surface area contributed by atoms with E-state index >= 15 is 4.57 Å². The largest absolute Gasteiger partial charge is 0.408 e. The first-order chi connectivity index (χ1) is 31.1. The molecule has 370 valence electrons. The first kappa shape index (κ1) is 49.7. The van der Waals surface area contributed by atoms with Gasteiger partial charge < -0.3 is 53.6 Å². The van der Waals surface area contributed by atoms with Crippen LogP contribution in [0.15, 0.2) is 18.9 Å². The van der Waals surface area contributed by atoms with Crippen LogP contribution in [-0.2, 0) is 65.6 Å². The van der Waals surface area contributed by atoms with Crippen LogP contribution in [0.3, 0.4) is 0 Å². The molecule has 4 aromatic rings. The summed E-state index contributed by atoms with van der Waals surface area (Å²) in [5, 5.41) is 3.73. The Labute approximate surface area is 399 Å². The number of ether oxygens (including phenoxy) is 2. The quantitative estimate of drug-likeness (QED) is 0.0967. The van der Waals surface area contributed by atoms with Crippen molar-refractivity contribution in [3.8, 4) is 0 Å². The van der Waals surface area contributed by atoms with Crippen molar-refractivity contribution < 1.29 is 45.9 Å². The van der Waals surface area contributed by atoms with Crippen LogP contribution >= 0.6 is 14.3 Å².